The third-order valence-electron chi connectivity index (χ3n) is 5.35. The predicted molar refractivity (Wildman–Crippen MR) is 106 cm³/mol. The molecule has 9 heteroatoms. The number of sulfone groups is 1. The minimum absolute atomic E-state index is 0.0415. The second-order valence-corrected chi connectivity index (χ2v) is 9.68. The number of hydrogen-bond donors (Lipinski definition) is 1. The molecular formula is C21H20F2N2O4S. The van der Waals surface area contributed by atoms with E-state index in [2.05, 4.69) is 10.3 Å². The maximum Gasteiger partial charge on any atom is 0.287 e. The number of fused-ring (bicyclic) bond motifs is 1. The number of carbonyl (C=O) groups excluding carboxylic acids is 1. The number of rotatable bonds is 5. The van der Waals surface area contributed by atoms with Crippen molar-refractivity contribution in [1.29, 1.82) is 0 Å². The van der Waals surface area contributed by atoms with Gasteiger partial charge in [0, 0.05) is 31.0 Å². The summed E-state index contributed by atoms with van der Waals surface area (Å²) in [5.41, 5.74) is 1.22. The first-order valence-corrected chi connectivity index (χ1v) is 11.1. The Kier molecular flexibility index (Phi) is 5.31. The van der Waals surface area contributed by atoms with Gasteiger partial charge in [0.1, 0.15) is 0 Å². The Labute approximate surface area is 172 Å². The maximum absolute atomic E-state index is 13.3. The van der Waals surface area contributed by atoms with E-state index < -0.39 is 39.8 Å². The minimum atomic E-state index is -3.66. The molecule has 1 saturated carbocycles. The molecule has 0 spiro atoms. The van der Waals surface area contributed by atoms with Crippen LogP contribution < -0.4 is 5.32 Å². The first-order chi connectivity index (χ1) is 14.2. The molecule has 1 aliphatic rings. The lowest BCUT2D eigenvalue weighted by Gasteiger charge is -2.28. The van der Waals surface area contributed by atoms with Crippen molar-refractivity contribution in [3.05, 3.63) is 60.1 Å². The van der Waals surface area contributed by atoms with Crippen LogP contribution in [0.15, 0.2) is 58.1 Å². The van der Waals surface area contributed by atoms with E-state index in [0.29, 0.717) is 11.1 Å². The number of benzene rings is 1. The van der Waals surface area contributed by atoms with Crippen LogP contribution in [0, 0.1) is 0 Å². The third-order valence-corrected chi connectivity index (χ3v) is 7.63. The molecule has 1 aliphatic carbocycles. The summed E-state index contributed by atoms with van der Waals surface area (Å²) in [5, 5.41) is 2.70. The van der Waals surface area contributed by atoms with Crippen LogP contribution in [0.2, 0.25) is 0 Å². The highest BCUT2D eigenvalue weighted by Crippen LogP contribution is 2.37. The number of hydrogen-bond acceptors (Lipinski definition) is 5. The van der Waals surface area contributed by atoms with Crippen molar-refractivity contribution in [3.63, 3.8) is 0 Å². The zero-order valence-electron chi connectivity index (χ0n) is 16.0. The zero-order chi connectivity index (χ0) is 21.4. The van der Waals surface area contributed by atoms with Crippen LogP contribution in [0.1, 0.15) is 41.8 Å². The second-order valence-electron chi connectivity index (χ2n) is 7.45. The zero-order valence-corrected chi connectivity index (χ0v) is 16.8. The number of pyridine rings is 1. The molecule has 0 atom stereocenters. The molecule has 1 N–H and O–H groups in total. The van der Waals surface area contributed by atoms with Crippen LogP contribution in [0.3, 0.4) is 0 Å². The fourth-order valence-corrected chi connectivity index (χ4v) is 5.34. The van der Waals surface area contributed by atoms with Crippen LogP contribution in [-0.4, -0.2) is 30.5 Å². The van der Waals surface area contributed by atoms with Crippen LogP contribution in [0.25, 0.3) is 11.0 Å². The molecule has 2 heterocycles. The molecule has 4 rings (SSSR count). The lowest BCUT2D eigenvalue weighted by Crippen LogP contribution is -2.32. The van der Waals surface area contributed by atoms with Gasteiger partial charge in [-0.05, 0) is 42.7 Å². The molecule has 0 unspecified atom stereocenters. The molecule has 1 aromatic carbocycles. The molecule has 3 aromatic rings. The first kappa shape index (κ1) is 20.5. The first-order valence-electron chi connectivity index (χ1n) is 9.57. The van der Waals surface area contributed by atoms with Crippen molar-refractivity contribution in [2.75, 3.05) is 0 Å². The molecule has 1 amide bonds. The number of aromatic nitrogens is 1. The Morgan fingerprint density at radius 1 is 1.17 bits per heavy atom. The van der Waals surface area contributed by atoms with Gasteiger partial charge < -0.3 is 9.73 Å². The highest BCUT2D eigenvalue weighted by molar-refractivity contribution is 7.92. The smallest absolute Gasteiger partial charge is 0.287 e. The Morgan fingerprint density at radius 2 is 1.87 bits per heavy atom. The van der Waals surface area contributed by atoms with Crippen molar-refractivity contribution >= 4 is 26.7 Å². The fraction of sp³-hybridized carbons (Fsp3) is 0.333. The van der Waals surface area contributed by atoms with Crippen LogP contribution in [0.4, 0.5) is 8.78 Å². The number of carbonyl (C=O) groups is 1. The quantitative estimate of drug-likeness (QED) is 0.653. The van der Waals surface area contributed by atoms with Crippen molar-refractivity contribution in [1.82, 2.24) is 10.3 Å². The summed E-state index contributed by atoms with van der Waals surface area (Å²) in [6.07, 6.45) is 2.24. The summed E-state index contributed by atoms with van der Waals surface area (Å²) in [6, 6.07) is 9.48. The van der Waals surface area contributed by atoms with Crippen molar-refractivity contribution in [2.45, 2.75) is 48.3 Å². The summed E-state index contributed by atoms with van der Waals surface area (Å²) in [7, 11) is -3.66. The van der Waals surface area contributed by atoms with Crippen LogP contribution in [0.5, 0.6) is 0 Å². The van der Waals surface area contributed by atoms with Gasteiger partial charge in [0.05, 0.1) is 16.3 Å². The van der Waals surface area contributed by atoms with Crippen LogP contribution in [-0.2, 0) is 16.4 Å². The Bertz CT molecular complexity index is 1130. The highest BCUT2D eigenvalue weighted by atomic mass is 32.2. The van der Waals surface area contributed by atoms with Gasteiger partial charge in [-0.15, -0.1) is 0 Å². The van der Waals surface area contributed by atoms with Gasteiger partial charge >= 0.3 is 0 Å². The fourth-order valence-electron chi connectivity index (χ4n) is 3.58. The van der Waals surface area contributed by atoms with Gasteiger partial charge in [-0.1, -0.05) is 12.1 Å². The molecule has 6 nitrogen and oxygen atoms in total. The van der Waals surface area contributed by atoms with E-state index in [0.717, 1.165) is 5.39 Å². The van der Waals surface area contributed by atoms with E-state index in [1.54, 1.807) is 30.5 Å². The maximum atomic E-state index is 13.3. The molecular weight excluding hydrogens is 414 g/mol. The molecule has 0 saturated heterocycles. The van der Waals surface area contributed by atoms with E-state index >= 15 is 0 Å². The third kappa shape index (κ3) is 4.21. The van der Waals surface area contributed by atoms with Gasteiger partial charge in [0.15, 0.2) is 21.2 Å². The summed E-state index contributed by atoms with van der Waals surface area (Å²) in [5.74, 6) is -3.01. The highest BCUT2D eigenvalue weighted by Gasteiger charge is 2.40. The Morgan fingerprint density at radius 3 is 2.53 bits per heavy atom. The van der Waals surface area contributed by atoms with Gasteiger partial charge in [-0.3, -0.25) is 9.78 Å². The van der Waals surface area contributed by atoms with Crippen LogP contribution >= 0.6 is 0 Å². The predicted octanol–water partition coefficient (Wildman–Crippen LogP) is 4.11. The van der Waals surface area contributed by atoms with E-state index in [1.807, 2.05) is 0 Å². The minimum Gasteiger partial charge on any atom is -0.449 e. The number of furan rings is 1. The summed E-state index contributed by atoms with van der Waals surface area (Å²) >= 11 is 0. The molecule has 0 radical (unpaired) electrons. The number of halogens is 2. The van der Waals surface area contributed by atoms with Gasteiger partial charge in [0.25, 0.3) is 5.91 Å². The topological polar surface area (TPSA) is 89.3 Å². The largest absolute Gasteiger partial charge is 0.449 e. The normalized spacial score (nSPS) is 17.1. The Hall–Kier alpha value is -2.81. The number of alkyl halides is 2. The molecule has 0 bridgehead atoms. The lowest BCUT2D eigenvalue weighted by molar-refractivity contribution is -0.0328. The van der Waals surface area contributed by atoms with Crippen molar-refractivity contribution in [3.8, 4) is 0 Å². The van der Waals surface area contributed by atoms with Gasteiger partial charge in [-0.25, -0.2) is 17.2 Å². The van der Waals surface area contributed by atoms with Crippen molar-refractivity contribution in [2.24, 2.45) is 0 Å². The number of nitrogens with one attached hydrogen (secondary N) is 1. The molecule has 158 valence electrons. The average Bonchev–Trinajstić information content (AvgIpc) is 3.16. The standard InChI is InChI=1S/C21H20F2N2O4S/c22-21(23)8-5-17(6-9-21)30(27,28)16-3-1-14(2-4-16)12-25-20(26)18-11-15-7-10-24-13-19(15)29-18/h1-4,7,10-11,13,17H,5-6,8-9,12H2,(H,25,26). The lowest BCUT2D eigenvalue weighted by atomic mass is 9.96. The van der Waals surface area contributed by atoms with E-state index in [4.69, 9.17) is 4.42 Å². The summed E-state index contributed by atoms with van der Waals surface area (Å²) in [4.78, 5) is 16.3. The van der Waals surface area contributed by atoms with Gasteiger partial charge in [-0.2, -0.15) is 0 Å². The van der Waals surface area contributed by atoms with Gasteiger partial charge in [0.2, 0.25) is 5.92 Å². The molecule has 2 aromatic heterocycles. The summed E-state index contributed by atoms with van der Waals surface area (Å²) < 4.78 is 57.5. The van der Waals surface area contributed by atoms with Crippen molar-refractivity contribution < 1.29 is 26.4 Å². The molecule has 30 heavy (non-hydrogen) atoms. The monoisotopic (exact) mass is 434 g/mol. The Balaban J connectivity index is 1.39. The molecule has 0 aliphatic heterocycles. The molecule has 1 fully saturated rings. The SMILES string of the molecule is O=C(NCc1ccc(S(=O)(=O)C2CCC(F)(F)CC2)cc1)c1cc2ccncc2o1. The average molecular weight is 434 g/mol. The van der Waals surface area contributed by atoms with E-state index in [1.165, 1.54) is 18.3 Å². The number of amides is 1. The summed E-state index contributed by atoms with van der Waals surface area (Å²) in [6.45, 7) is 0.185. The second kappa shape index (κ2) is 7.79. The van der Waals surface area contributed by atoms with E-state index in [9.17, 15) is 22.0 Å². The van der Waals surface area contributed by atoms with E-state index in [-0.39, 0.29) is 30.0 Å². The number of nitrogens with zero attached hydrogens (tertiary/aromatic N) is 1.